The molecule has 0 spiro atoms. The van der Waals surface area contributed by atoms with Crippen molar-refractivity contribution >= 4 is 0 Å². The van der Waals surface area contributed by atoms with Crippen molar-refractivity contribution in [2.24, 2.45) is 11.8 Å². The Morgan fingerprint density at radius 3 is 2.57 bits per heavy atom. The average Bonchev–Trinajstić information content (AvgIpc) is 2.16. The third-order valence-corrected chi connectivity index (χ3v) is 3.93. The quantitative estimate of drug-likeness (QED) is 0.726. The van der Waals surface area contributed by atoms with Crippen molar-refractivity contribution < 1.29 is 0 Å². The SMILES string of the molecule is CCC(C)C(C)NC1CCCC(C)C1. The molecule has 1 rings (SSSR count). The van der Waals surface area contributed by atoms with Gasteiger partial charge >= 0.3 is 0 Å². The Kier molecular flexibility index (Phi) is 4.94. The van der Waals surface area contributed by atoms with Crippen molar-refractivity contribution in [1.29, 1.82) is 0 Å². The smallest absolute Gasteiger partial charge is 0.00721 e. The van der Waals surface area contributed by atoms with E-state index in [4.69, 9.17) is 0 Å². The molecule has 0 aromatic rings. The van der Waals surface area contributed by atoms with Crippen LogP contribution in [0.3, 0.4) is 0 Å². The van der Waals surface area contributed by atoms with Crippen LogP contribution < -0.4 is 5.32 Å². The highest BCUT2D eigenvalue weighted by molar-refractivity contribution is 4.79. The van der Waals surface area contributed by atoms with Gasteiger partial charge in [0.2, 0.25) is 0 Å². The molecular formula is C13H27N. The van der Waals surface area contributed by atoms with Crippen molar-refractivity contribution in [1.82, 2.24) is 5.32 Å². The van der Waals surface area contributed by atoms with E-state index in [-0.39, 0.29) is 0 Å². The lowest BCUT2D eigenvalue weighted by atomic mass is 9.86. The Morgan fingerprint density at radius 2 is 2.00 bits per heavy atom. The molecule has 4 atom stereocenters. The molecule has 84 valence electrons. The molecule has 1 N–H and O–H groups in total. The zero-order valence-corrected chi connectivity index (χ0v) is 10.3. The molecule has 0 aromatic heterocycles. The van der Waals surface area contributed by atoms with Gasteiger partial charge in [-0.25, -0.2) is 0 Å². The monoisotopic (exact) mass is 197 g/mol. The van der Waals surface area contributed by atoms with Gasteiger partial charge in [0.15, 0.2) is 0 Å². The van der Waals surface area contributed by atoms with Crippen LogP contribution in [0.1, 0.15) is 59.8 Å². The number of hydrogen-bond donors (Lipinski definition) is 1. The Morgan fingerprint density at radius 1 is 1.29 bits per heavy atom. The van der Waals surface area contributed by atoms with Gasteiger partial charge < -0.3 is 5.32 Å². The number of nitrogens with one attached hydrogen (secondary N) is 1. The fourth-order valence-corrected chi connectivity index (χ4v) is 2.48. The predicted molar refractivity (Wildman–Crippen MR) is 63.5 cm³/mol. The summed E-state index contributed by atoms with van der Waals surface area (Å²) in [6.45, 7) is 9.37. The van der Waals surface area contributed by atoms with Crippen molar-refractivity contribution in [2.75, 3.05) is 0 Å². The molecule has 0 heterocycles. The van der Waals surface area contributed by atoms with E-state index in [2.05, 4.69) is 33.0 Å². The molecule has 0 aromatic carbocycles. The van der Waals surface area contributed by atoms with E-state index in [1.54, 1.807) is 0 Å². The topological polar surface area (TPSA) is 12.0 Å². The highest BCUT2D eigenvalue weighted by Crippen LogP contribution is 2.24. The first-order valence-electron chi connectivity index (χ1n) is 6.39. The van der Waals surface area contributed by atoms with Crippen LogP contribution in [0.4, 0.5) is 0 Å². The maximum Gasteiger partial charge on any atom is 0.00721 e. The molecular weight excluding hydrogens is 170 g/mol. The highest BCUT2D eigenvalue weighted by atomic mass is 14.9. The minimum Gasteiger partial charge on any atom is -0.311 e. The summed E-state index contributed by atoms with van der Waals surface area (Å²) in [5.74, 6) is 1.75. The molecule has 1 fully saturated rings. The minimum absolute atomic E-state index is 0.690. The first-order chi connectivity index (χ1) is 6.63. The van der Waals surface area contributed by atoms with Crippen LogP contribution in [-0.4, -0.2) is 12.1 Å². The molecule has 1 aliphatic carbocycles. The summed E-state index contributed by atoms with van der Waals surface area (Å²) >= 11 is 0. The van der Waals surface area contributed by atoms with Gasteiger partial charge in [0.1, 0.15) is 0 Å². The summed E-state index contributed by atoms with van der Waals surface area (Å²) in [6, 6.07) is 1.48. The van der Waals surface area contributed by atoms with Gasteiger partial charge in [-0.05, 0) is 31.6 Å². The molecule has 1 saturated carbocycles. The summed E-state index contributed by atoms with van der Waals surface area (Å²) < 4.78 is 0. The third-order valence-electron chi connectivity index (χ3n) is 3.93. The van der Waals surface area contributed by atoms with Gasteiger partial charge in [-0.3, -0.25) is 0 Å². The predicted octanol–water partition coefficient (Wildman–Crippen LogP) is 3.59. The van der Waals surface area contributed by atoms with Gasteiger partial charge in [0.25, 0.3) is 0 Å². The van der Waals surface area contributed by atoms with Crippen molar-refractivity contribution in [3.05, 3.63) is 0 Å². The highest BCUT2D eigenvalue weighted by Gasteiger charge is 2.21. The molecule has 4 unspecified atom stereocenters. The molecule has 0 amide bonds. The first-order valence-corrected chi connectivity index (χ1v) is 6.39. The summed E-state index contributed by atoms with van der Waals surface area (Å²) in [7, 11) is 0. The maximum absolute atomic E-state index is 3.80. The molecule has 1 heteroatoms. The van der Waals surface area contributed by atoms with Crippen molar-refractivity contribution in [3.8, 4) is 0 Å². The standard InChI is InChI=1S/C13H27N/c1-5-11(3)12(4)14-13-8-6-7-10(2)9-13/h10-14H,5-9H2,1-4H3. The molecule has 1 aliphatic rings. The normalized spacial score (nSPS) is 32.6. The molecule has 0 aliphatic heterocycles. The second kappa shape index (κ2) is 5.75. The second-order valence-electron chi connectivity index (χ2n) is 5.31. The van der Waals surface area contributed by atoms with Crippen LogP contribution >= 0.6 is 0 Å². The van der Waals surface area contributed by atoms with E-state index in [1.807, 2.05) is 0 Å². The Bertz CT molecular complexity index is 155. The molecule has 0 saturated heterocycles. The Balaban J connectivity index is 2.28. The van der Waals surface area contributed by atoms with E-state index in [9.17, 15) is 0 Å². The summed E-state index contributed by atoms with van der Waals surface area (Å²) in [6.07, 6.45) is 6.93. The average molecular weight is 197 g/mol. The minimum atomic E-state index is 0.690. The van der Waals surface area contributed by atoms with E-state index < -0.39 is 0 Å². The zero-order chi connectivity index (χ0) is 10.6. The van der Waals surface area contributed by atoms with Gasteiger partial charge in [-0.1, -0.05) is 40.0 Å². The molecule has 1 nitrogen and oxygen atoms in total. The lowest BCUT2D eigenvalue weighted by Crippen LogP contribution is -2.42. The van der Waals surface area contributed by atoms with Crippen LogP contribution in [0.15, 0.2) is 0 Å². The van der Waals surface area contributed by atoms with Crippen molar-refractivity contribution in [3.63, 3.8) is 0 Å². The van der Waals surface area contributed by atoms with Crippen LogP contribution in [-0.2, 0) is 0 Å². The van der Waals surface area contributed by atoms with Gasteiger partial charge in [-0.2, -0.15) is 0 Å². The van der Waals surface area contributed by atoms with Gasteiger partial charge in [0, 0.05) is 12.1 Å². The fourth-order valence-electron chi connectivity index (χ4n) is 2.48. The zero-order valence-electron chi connectivity index (χ0n) is 10.3. The van der Waals surface area contributed by atoms with Crippen molar-refractivity contribution in [2.45, 2.75) is 71.9 Å². The van der Waals surface area contributed by atoms with E-state index in [0.717, 1.165) is 17.9 Å². The van der Waals surface area contributed by atoms with E-state index in [1.165, 1.54) is 32.1 Å². The third kappa shape index (κ3) is 3.61. The maximum atomic E-state index is 3.80. The van der Waals surface area contributed by atoms with Gasteiger partial charge in [-0.15, -0.1) is 0 Å². The first kappa shape index (κ1) is 12.0. The molecule has 0 bridgehead atoms. The Labute approximate surface area is 89.7 Å². The van der Waals surface area contributed by atoms with Crippen LogP contribution in [0.25, 0.3) is 0 Å². The van der Waals surface area contributed by atoms with Crippen LogP contribution in [0.2, 0.25) is 0 Å². The summed E-state index contributed by atoms with van der Waals surface area (Å²) in [5.41, 5.74) is 0. The lowest BCUT2D eigenvalue weighted by molar-refractivity contribution is 0.258. The fraction of sp³-hybridized carbons (Fsp3) is 1.00. The molecule has 14 heavy (non-hydrogen) atoms. The summed E-state index contributed by atoms with van der Waals surface area (Å²) in [5, 5.41) is 3.80. The Hall–Kier alpha value is -0.0400. The second-order valence-corrected chi connectivity index (χ2v) is 5.31. The molecule has 0 radical (unpaired) electrons. The summed E-state index contributed by atoms with van der Waals surface area (Å²) in [4.78, 5) is 0. The van der Waals surface area contributed by atoms with Crippen LogP contribution in [0, 0.1) is 11.8 Å². The van der Waals surface area contributed by atoms with E-state index in [0.29, 0.717) is 6.04 Å². The largest absolute Gasteiger partial charge is 0.311 e. The number of hydrogen-bond acceptors (Lipinski definition) is 1. The van der Waals surface area contributed by atoms with E-state index >= 15 is 0 Å². The number of rotatable bonds is 4. The van der Waals surface area contributed by atoms with Gasteiger partial charge in [0.05, 0.1) is 0 Å². The lowest BCUT2D eigenvalue weighted by Gasteiger charge is -2.32. The van der Waals surface area contributed by atoms with Crippen LogP contribution in [0.5, 0.6) is 0 Å².